The van der Waals surface area contributed by atoms with Crippen molar-refractivity contribution in [2.24, 2.45) is 28.0 Å². The lowest BCUT2D eigenvalue weighted by atomic mass is 9.90. The number of aromatic nitrogens is 4. The van der Waals surface area contributed by atoms with Gasteiger partial charge in [0.05, 0.1) is 6.10 Å². The number of halogens is 2. The molecule has 2 fully saturated rings. The largest absolute Gasteiger partial charge is 0.389 e. The molecule has 0 bridgehead atoms. The molecule has 4 heterocycles. The van der Waals surface area contributed by atoms with Gasteiger partial charge in [0.1, 0.15) is 12.5 Å². The first-order valence-electron chi connectivity index (χ1n) is 11.8. The maximum absolute atomic E-state index is 11.9. The first-order valence-corrected chi connectivity index (χ1v) is 14.9. The summed E-state index contributed by atoms with van der Waals surface area (Å²) in [7, 11) is 0. The molecule has 0 aromatic carbocycles. The third kappa shape index (κ3) is 5.99. The van der Waals surface area contributed by atoms with Gasteiger partial charge in [0.2, 0.25) is 0 Å². The van der Waals surface area contributed by atoms with E-state index in [4.69, 9.17) is 20.5 Å². The van der Waals surface area contributed by atoms with Crippen molar-refractivity contribution >= 4 is 45.2 Å². The molecule has 0 saturated carbocycles. The number of ether oxygens (including phenoxy) is 2. The summed E-state index contributed by atoms with van der Waals surface area (Å²) in [6.07, 6.45) is 0.228. The van der Waals surface area contributed by atoms with Crippen molar-refractivity contribution in [1.29, 1.82) is 0 Å². The number of azide groups is 2. The smallest absolute Gasteiger partial charge is 0.330 e. The van der Waals surface area contributed by atoms with Crippen LogP contribution in [0.5, 0.6) is 0 Å². The highest BCUT2D eigenvalue weighted by atomic mass is 127. The number of aliphatic hydroxyl groups is 1. The van der Waals surface area contributed by atoms with E-state index < -0.39 is 58.4 Å². The van der Waals surface area contributed by atoms with Crippen LogP contribution < -0.4 is 22.5 Å². The van der Waals surface area contributed by atoms with Gasteiger partial charge in [0.25, 0.3) is 11.1 Å². The van der Waals surface area contributed by atoms with Gasteiger partial charge in [0, 0.05) is 55.0 Å². The average Bonchev–Trinajstić information content (AvgIpc) is 3.31. The Morgan fingerprint density at radius 1 is 0.875 bits per heavy atom. The molecule has 2 aliphatic heterocycles. The minimum atomic E-state index is -1.42. The monoisotopic (exact) mass is 784 g/mol. The predicted molar refractivity (Wildman–Crippen MR) is 158 cm³/mol. The van der Waals surface area contributed by atoms with Crippen LogP contribution in [0, 0.1) is 17.8 Å². The van der Waals surface area contributed by atoms with Crippen molar-refractivity contribution in [1.82, 2.24) is 19.1 Å². The van der Waals surface area contributed by atoms with E-state index >= 15 is 0 Å². The zero-order valence-electron chi connectivity index (χ0n) is 21.4. The van der Waals surface area contributed by atoms with E-state index in [1.807, 2.05) is 36.4 Å². The van der Waals surface area contributed by atoms with Crippen LogP contribution >= 0.6 is 45.2 Å². The summed E-state index contributed by atoms with van der Waals surface area (Å²) in [5.74, 6) is -0.586. The summed E-state index contributed by atoms with van der Waals surface area (Å²) >= 11 is 4.04. The molecule has 4 rings (SSSR count). The third-order valence-electron chi connectivity index (χ3n) is 7.07. The number of hydrogen-bond donors (Lipinski definition) is 3. The second-order valence-electron chi connectivity index (χ2n) is 9.34. The average molecular weight is 784 g/mol. The molecule has 2 aromatic heterocycles. The number of rotatable bonds is 6. The summed E-state index contributed by atoms with van der Waals surface area (Å²) in [4.78, 5) is 55.7. The van der Waals surface area contributed by atoms with Gasteiger partial charge >= 0.3 is 11.4 Å². The van der Waals surface area contributed by atoms with Gasteiger partial charge in [-0.15, -0.1) is 0 Å². The van der Waals surface area contributed by atoms with Gasteiger partial charge in [0.15, 0.2) is 11.4 Å². The van der Waals surface area contributed by atoms with Crippen molar-refractivity contribution in [3.05, 3.63) is 87.1 Å². The number of aromatic amines is 2. The molecule has 0 spiro atoms. The van der Waals surface area contributed by atoms with Gasteiger partial charge in [-0.2, -0.15) is 0 Å². The van der Waals surface area contributed by atoms with Crippen LogP contribution in [0.25, 0.3) is 20.9 Å². The lowest BCUT2D eigenvalue weighted by Crippen LogP contribution is -2.40. The number of hydrogen-bond acceptors (Lipinski definition) is 9. The van der Waals surface area contributed by atoms with Crippen LogP contribution in [0.3, 0.4) is 0 Å². The number of aliphatic hydroxyl groups excluding tert-OH is 1. The van der Waals surface area contributed by atoms with Crippen LogP contribution in [0.15, 0.2) is 53.9 Å². The molecule has 3 N–H and O–H groups in total. The van der Waals surface area contributed by atoms with E-state index in [1.165, 1.54) is 29.1 Å². The van der Waals surface area contributed by atoms with Gasteiger partial charge in [-0.05, 0) is 17.0 Å². The van der Waals surface area contributed by atoms with Crippen LogP contribution in [-0.2, 0) is 9.47 Å². The highest BCUT2D eigenvalue weighted by molar-refractivity contribution is 14.1. The molecule has 2 aromatic rings. The number of H-pyrrole nitrogens is 2. The molecule has 40 heavy (non-hydrogen) atoms. The lowest BCUT2D eigenvalue weighted by Gasteiger charge is -2.25. The Hall–Kier alpha value is -2.68. The van der Waals surface area contributed by atoms with Crippen molar-refractivity contribution in [2.75, 3.05) is 8.86 Å². The minimum absolute atomic E-state index is 0.0427. The molecular formula is C21H26I2N10O7. The Morgan fingerprint density at radius 2 is 1.30 bits per heavy atom. The highest BCUT2D eigenvalue weighted by Crippen LogP contribution is 2.47. The summed E-state index contributed by atoms with van der Waals surface area (Å²) < 4.78 is 14.7. The van der Waals surface area contributed by atoms with Crippen molar-refractivity contribution in [2.45, 2.75) is 50.8 Å². The zero-order valence-corrected chi connectivity index (χ0v) is 25.7. The van der Waals surface area contributed by atoms with Crippen molar-refractivity contribution in [3.8, 4) is 0 Å². The van der Waals surface area contributed by atoms with Crippen molar-refractivity contribution < 1.29 is 14.6 Å². The van der Waals surface area contributed by atoms with Crippen LogP contribution in [0.2, 0.25) is 0 Å². The number of alkyl halides is 2. The maximum Gasteiger partial charge on any atom is 0.330 e. The fraction of sp³-hybridized carbons (Fsp3) is 0.619. The first-order chi connectivity index (χ1) is 18.9. The fourth-order valence-electron chi connectivity index (χ4n) is 4.58. The molecule has 2 aliphatic rings. The Morgan fingerprint density at radius 3 is 1.73 bits per heavy atom. The highest BCUT2D eigenvalue weighted by Gasteiger charge is 2.53. The number of nitrogens with zero attached hydrogens (tertiary/aromatic N) is 8. The molecule has 2 saturated heterocycles. The van der Waals surface area contributed by atoms with Crippen LogP contribution in [0.1, 0.15) is 33.2 Å². The van der Waals surface area contributed by atoms with Crippen LogP contribution in [-0.4, -0.2) is 50.6 Å². The second kappa shape index (κ2) is 12.9. The van der Waals surface area contributed by atoms with E-state index in [-0.39, 0.29) is 16.3 Å². The molecule has 19 heteroatoms. The van der Waals surface area contributed by atoms with Gasteiger partial charge < -0.3 is 14.6 Å². The van der Waals surface area contributed by atoms with Crippen molar-refractivity contribution in [3.63, 3.8) is 0 Å². The summed E-state index contributed by atoms with van der Waals surface area (Å²) in [5, 5.41) is 17.6. The standard InChI is InChI=1S/C11H14IN5O3.C10H12IN5O4/c1-6-7(2)11(5-12,15-16-13)20-9(6)17-4-3-8(18)14-10(17)19;1-5-7(18)10(4-11,14-15-12)20-8(5)16-3-2-6(17)13-9(16)19/h3-4,6-7,9H,5H2,1-2H3,(H,14,18,19);2-3,5,7-8,18H,4H2,1H3,(H,13,17,19). The predicted octanol–water partition coefficient (Wildman–Crippen LogP) is 2.28. The molecular weight excluding hydrogens is 758 g/mol. The van der Waals surface area contributed by atoms with E-state index in [9.17, 15) is 24.3 Å². The quantitative estimate of drug-likeness (QED) is 0.130. The SMILES string of the molecule is CC1C(n2ccc(=O)[nH]c2=O)OC(CI)(N=[N+]=[N-])C1C.CC1C(n2ccc(=O)[nH]c2=O)OC(CI)(N=[N+]=[N-])C1O. The topological polar surface area (TPSA) is 246 Å². The Bertz CT molecular complexity index is 1450. The Balaban J connectivity index is 0.000000220. The van der Waals surface area contributed by atoms with Gasteiger partial charge in [-0.3, -0.25) is 28.7 Å². The minimum Gasteiger partial charge on any atom is -0.389 e. The number of nitrogens with one attached hydrogen (secondary N) is 2. The Labute approximate surface area is 252 Å². The summed E-state index contributed by atoms with van der Waals surface area (Å²) in [6, 6.07) is 2.45. The normalized spacial score (nSPS) is 32.9. The molecule has 0 radical (unpaired) electrons. The van der Waals surface area contributed by atoms with Crippen LogP contribution in [0.4, 0.5) is 0 Å². The third-order valence-corrected chi connectivity index (χ3v) is 9.26. The van der Waals surface area contributed by atoms with Gasteiger partial charge in [-0.1, -0.05) is 76.2 Å². The Kier molecular flexibility index (Phi) is 10.3. The fourth-order valence-corrected chi connectivity index (χ4v) is 6.39. The molecule has 17 nitrogen and oxygen atoms in total. The summed E-state index contributed by atoms with van der Waals surface area (Å²) in [6.45, 7) is 5.52. The van der Waals surface area contributed by atoms with E-state index in [2.05, 4.69) is 52.6 Å². The van der Waals surface area contributed by atoms with Gasteiger partial charge in [-0.25, -0.2) is 9.59 Å². The lowest BCUT2D eigenvalue weighted by molar-refractivity contribution is -0.0828. The molecule has 216 valence electrons. The zero-order chi connectivity index (χ0) is 29.8. The molecule has 8 unspecified atom stereocenters. The van der Waals surface area contributed by atoms with E-state index in [0.717, 1.165) is 4.57 Å². The van der Waals surface area contributed by atoms with E-state index in [0.29, 0.717) is 4.43 Å². The molecule has 8 atom stereocenters. The first kappa shape index (κ1) is 31.8. The summed E-state index contributed by atoms with van der Waals surface area (Å²) in [5.41, 5.74) is 12.8. The van der Waals surface area contributed by atoms with E-state index in [1.54, 1.807) is 6.92 Å². The molecule has 0 amide bonds. The second-order valence-corrected chi connectivity index (χ2v) is 10.9. The molecule has 0 aliphatic carbocycles. The maximum atomic E-state index is 11.9.